The van der Waals surface area contributed by atoms with Crippen LogP contribution in [0.1, 0.15) is 13.3 Å². The number of piperidine rings is 2. The van der Waals surface area contributed by atoms with Crippen LogP contribution in [-0.2, 0) is 9.59 Å². The molecular formula is C9H14N2O2. The van der Waals surface area contributed by atoms with Crippen LogP contribution in [0.4, 0.5) is 0 Å². The molecule has 2 aliphatic rings. The normalized spacial score (nSPS) is 33.3. The van der Waals surface area contributed by atoms with Gasteiger partial charge in [0.2, 0.25) is 11.8 Å². The summed E-state index contributed by atoms with van der Waals surface area (Å²) in [5, 5.41) is 3.22. The molecule has 0 spiro atoms. The van der Waals surface area contributed by atoms with Crippen LogP contribution >= 0.6 is 0 Å². The lowest BCUT2D eigenvalue weighted by Gasteiger charge is -2.39. The fourth-order valence-corrected chi connectivity index (χ4v) is 2.21. The van der Waals surface area contributed by atoms with E-state index in [0.717, 1.165) is 19.5 Å². The van der Waals surface area contributed by atoms with Gasteiger partial charge in [-0.3, -0.25) is 14.5 Å². The number of fused-ring (bicyclic) bond motifs is 2. The average molecular weight is 182 g/mol. The molecule has 0 aliphatic carbocycles. The third kappa shape index (κ3) is 1.46. The molecule has 4 nitrogen and oxygen atoms in total. The van der Waals surface area contributed by atoms with Crippen molar-refractivity contribution in [1.82, 2.24) is 10.2 Å². The van der Waals surface area contributed by atoms with Crippen molar-refractivity contribution in [2.24, 2.45) is 11.8 Å². The second-order valence-corrected chi connectivity index (χ2v) is 3.92. The molecule has 2 atom stereocenters. The molecule has 0 saturated carbocycles. The van der Waals surface area contributed by atoms with E-state index in [-0.39, 0.29) is 17.7 Å². The van der Waals surface area contributed by atoms with E-state index in [1.807, 2.05) is 0 Å². The van der Waals surface area contributed by atoms with E-state index in [2.05, 4.69) is 5.32 Å². The first-order chi connectivity index (χ1) is 6.18. The third-order valence-electron chi connectivity index (χ3n) is 2.88. The molecule has 13 heavy (non-hydrogen) atoms. The highest BCUT2D eigenvalue weighted by atomic mass is 16.2. The summed E-state index contributed by atoms with van der Waals surface area (Å²) in [5.41, 5.74) is 0. The Labute approximate surface area is 77.3 Å². The number of carbonyl (C=O) groups is 2. The molecule has 1 N–H and O–H groups in total. The fraction of sp³-hybridized carbons (Fsp3) is 0.778. The van der Waals surface area contributed by atoms with Gasteiger partial charge in [0, 0.05) is 20.0 Å². The van der Waals surface area contributed by atoms with Gasteiger partial charge in [-0.05, 0) is 18.9 Å². The zero-order valence-electron chi connectivity index (χ0n) is 7.75. The summed E-state index contributed by atoms with van der Waals surface area (Å²) in [4.78, 5) is 24.2. The van der Waals surface area contributed by atoms with Crippen LogP contribution in [0.25, 0.3) is 0 Å². The number of hydrogen-bond acceptors (Lipinski definition) is 3. The van der Waals surface area contributed by atoms with Crippen molar-refractivity contribution in [1.29, 1.82) is 0 Å². The lowest BCUT2D eigenvalue weighted by Crippen LogP contribution is -2.55. The first-order valence-electron chi connectivity index (χ1n) is 4.71. The molecule has 2 heterocycles. The van der Waals surface area contributed by atoms with Crippen molar-refractivity contribution >= 4 is 11.8 Å². The molecule has 2 saturated heterocycles. The van der Waals surface area contributed by atoms with Crippen LogP contribution in [0.5, 0.6) is 0 Å². The molecular weight excluding hydrogens is 168 g/mol. The number of nitrogens with one attached hydrogen (secondary N) is 1. The molecule has 0 aromatic carbocycles. The van der Waals surface area contributed by atoms with E-state index in [4.69, 9.17) is 0 Å². The number of amides is 2. The second kappa shape index (κ2) is 3.10. The zero-order valence-corrected chi connectivity index (χ0v) is 7.75. The van der Waals surface area contributed by atoms with Gasteiger partial charge in [-0.15, -0.1) is 0 Å². The molecule has 0 radical (unpaired) electrons. The van der Waals surface area contributed by atoms with E-state index < -0.39 is 0 Å². The minimum Gasteiger partial charge on any atom is -0.316 e. The van der Waals surface area contributed by atoms with Crippen LogP contribution in [-0.4, -0.2) is 36.3 Å². The average Bonchev–Trinajstić information content (AvgIpc) is 2.12. The predicted octanol–water partition coefficient (Wildman–Crippen LogP) is -0.399. The standard InChI is InChI=1S/C9H14N2O2/c1-6(12)11-5-7-2-8(9(11)13)4-10-3-7/h7-8,10H,2-5H2,1H3/t7-,8+/m0/s1. The molecule has 2 rings (SSSR count). The Balaban J connectivity index is 2.15. The zero-order chi connectivity index (χ0) is 9.42. The largest absolute Gasteiger partial charge is 0.316 e. The molecule has 0 unspecified atom stereocenters. The maximum absolute atomic E-state index is 11.6. The number of likely N-dealkylation sites (tertiary alicyclic amines) is 1. The molecule has 2 bridgehead atoms. The first kappa shape index (κ1) is 8.69. The Kier molecular flexibility index (Phi) is 2.07. The Morgan fingerprint density at radius 2 is 2.31 bits per heavy atom. The van der Waals surface area contributed by atoms with Crippen LogP contribution in [0.15, 0.2) is 0 Å². The summed E-state index contributed by atoms with van der Waals surface area (Å²) in [6, 6.07) is 0. The van der Waals surface area contributed by atoms with Crippen molar-refractivity contribution in [2.45, 2.75) is 13.3 Å². The summed E-state index contributed by atoms with van der Waals surface area (Å²) >= 11 is 0. The maximum atomic E-state index is 11.6. The number of rotatable bonds is 0. The summed E-state index contributed by atoms with van der Waals surface area (Å²) in [6.07, 6.45) is 0.954. The fourth-order valence-electron chi connectivity index (χ4n) is 2.21. The Morgan fingerprint density at radius 1 is 1.54 bits per heavy atom. The topological polar surface area (TPSA) is 49.4 Å². The smallest absolute Gasteiger partial charge is 0.233 e. The van der Waals surface area contributed by atoms with Gasteiger partial charge in [-0.2, -0.15) is 0 Å². The van der Waals surface area contributed by atoms with Gasteiger partial charge in [0.1, 0.15) is 0 Å². The van der Waals surface area contributed by atoms with Gasteiger partial charge in [-0.1, -0.05) is 0 Å². The van der Waals surface area contributed by atoms with E-state index in [1.165, 1.54) is 11.8 Å². The van der Waals surface area contributed by atoms with Crippen molar-refractivity contribution < 1.29 is 9.59 Å². The van der Waals surface area contributed by atoms with Crippen LogP contribution < -0.4 is 5.32 Å². The van der Waals surface area contributed by atoms with Crippen LogP contribution in [0, 0.1) is 11.8 Å². The maximum Gasteiger partial charge on any atom is 0.233 e. The van der Waals surface area contributed by atoms with E-state index in [0.29, 0.717) is 12.5 Å². The monoisotopic (exact) mass is 182 g/mol. The highest BCUT2D eigenvalue weighted by Crippen LogP contribution is 2.25. The minimum absolute atomic E-state index is 0.0101. The van der Waals surface area contributed by atoms with E-state index in [9.17, 15) is 9.59 Å². The predicted molar refractivity (Wildman–Crippen MR) is 46.9 cm³/mol. The Bertz CT molecular complexity index is 252. The summed E-state index contributed by atoms with van der Waals surface area (Å²) in [5.74, 6) is 0.411. The lowest BCUT2D eigenvalue weighted by molar-refractivity contribution is -0.151. The summed E-state index contributed by atoms with van der Waals surface area (Å²) in [7, 11) is 0. The number of imide groups is 1. The van der Waals surface area contributed by atoms with Gasteiger partial charge in [-0.25, -0.2) is 0 Å². The molecule has 2 fully saturated rings. The van der Waals surface area contributed by atoms with Crippen LogP contribution in [0.2, 0.25) is 0 Å². The van der Waals surface area contributed by atoms with Crippen molar-refractivity contribution in [3.63, 3.8) is 0 Å². The molecule has 0 aromatic rings. The number of hydrogen-bond donors (Lipinski definition) is 1. The van der Waals surface area contributed by atoms with Crippen LogP contribution in [0.3, 0.4) is 0 Å². The van der Waals surface area contributed by atoms with Gasteiger partial charge in [0.25, 0.3) is 0 Å². The summed E-state index contributed by atoms with van der Waals surface area (Å²) in [6.45, 7) is 3.75. The second-order valence-electron chi connectivity index (χ2n) is 3.92. The van der Waals surface area contributed by atoms with Gasteiger partial charge >= 0.3 is 0 Å². The lowest BCUT2D eigenvalue weighted by atomic mass is 9.85. The third-order valence-corrected chi connectivity index (χ3v) is 2.88. The van der Waals surface area contributed by atoms with Gasteiger partial charge < -0.3 is 5.32 Å². The quantitative estimate of drug-likeness (QED) is 0.554. The minimum atomic E-state index is -0.110. The van der Waals surface area contributed by atoms with Crippen molar-refractivity contribution in [3.05, 3.63) is 0 Å². The number of nitrogens with zero attached hydrogens (tertiary/aromatic N) is 1. The Morgan fingerprint density at radius 3 is 3.00 bits per heavy atom. The van der Waals surface area contributed by atoms with Gasteiger partial charge in [0.15, 0.2) is 0 Å². The van der Waals surface area contributed by atoms with Crippen molar-refractivity contribution in [2.75, 3.05) is 19.6 Å². The Hall–Kier alpha value is -0.900. The molecule has 2 amide bonds. The molecule has 2 aliphatic heterocycles. The first-order valence-corrected chi connectivity index (χ1v) is 4.71. The molecule has 72 valence electrons. The molecule has 0 aromatic heterocycles. The highest BCUT2D eigenvalue weighted by molar-refractivity contribution is 5.96. The van der Waals surface area contributed by atoms with E-state index >= 15 is 0 Å². The summed E-state index contributed by atoms with van der Waals surface area (Å²) < 4.78 is 0. The molecule has 4 heteroatoms. The van der Waals surface area contributed by atoms with E-state index in [1.54, 1.807) is 0 Å². The van der Waals surface area contributed by atoms with Crippen molar-refractivity contribution in [3.8, 4) is 0 Å². The SMILES string of the molecule is CC(=O)N1C[C@@H]2CNC[C@@H](C2)C1=O. The van der Waals surface area contributed by atoms with Gasteiger partial charge in [0.05, 0.1) is 5.92 Å². The highest BCUT2D eigenvalue weighted by Gasteiger charge is 2.38. The number of carbonyl (C=O) groups excluding carboxylic acids is 2.